The Bertz CT molecular complexity index is 878. The monoisotopic (exact) mass is 334 g/mol. The van der Waals surface area contributed by atoms with Gasteiger partial charge in [0.2, 0.25) is 0 Å². The molecule has 0 aliphatic rings. The van der Waals surface area contributed by atoms with Crippen LogP contribution in [0.4, 0.5) is 10.5 Å². The second kappa shape index (κ2) is 7.75. The van der Waals surface area contributed by atoms with Crippen LogP contribution in [-0.2, 0) is 6.42 Å². The lowest BCUT2D eigenvalue weighted by Gasteiger charge is -2.09. The van der Waals surface area contributed by atoms with E-state index in [-0.39, 0.29) is 6.03 Å². The first kappa shape index (κ1) is 16.9. The van der Waals surface area contributed by atoms with Gasteiger partial charge in [0.25, 0.3) is 0 Å². The first-order chi connectivity index (χ1) is 12.1. The second-order valence-corrected chi connectivity index (χ2v) is 6.07. The van der Waals surface area contributed by atoms with Crippen LogP contribution in [0.15, 0.2) is 48.5 Å². The minimum atomic E-state index is -0.204. The molecule has 0 radical (unpaired) electrons. The molecule has 0 unspecified atom stereocenters. The van der Waals surface area contributed by atoms with Gasteiger partial charge in [-0.25, -0.2) is 14.8 Å². The Kier molecular flexibility index (Phi) is 5.23. The molecular weight excluding hydrogens is 312 g/mol. The number of aromatic nitrogens is 2. The van der Waals surface area contributed by atoms with Gasteiger partial charge in [-0.1, -0.05) is 30.3 Å². The van der Waals surface area contributed by atoms with Crippen molar-refractivity contribution in [2.24, 2.45) is 0 Å². The predicted octanol–water partition coefficient (Wildman–Crippen LogP) is 4.00. The number of nitrogens with zero attached hydrogens (tertiary/aromatic N) is 2. The topological polar surface area (TPSA) is 66.9 Å². The SMILES string of the molecule is Cc1nc2ccc(NC(=O)NCCCc3ccccc3)cc2nc1C. The van der Waals surface area contributed by atoms with Crippen LogP contribution >= 0.6 is 0 Å². The normalized spacial score (nSPS) is 10.6. The Labute approximate surface area is 147 Å². The van der Waals surface area contributed by atoms with Crippen LogP contribution in [0.1, 0.15) is 23.4 Å². The molecule has 0 aliphatic carbocycles. The fourth-order valence-electron chi connectivity index (χ4n) is 2.62. The number of aryl methyl sites for hydroxylation is 3. The average Bonchev–Trinajstić information content (AvgIpc) is 2.61. The number of carbonyl (C=O) groups is 1. The van der Waals surface area contributed by atoms with E-state index >= 15 is 0 Å². The lowest BCUT2D eigenvalue weighted by Crippen LogP contribution is -2.29. The highest BCUT2D eigenvalue weighted by Gasteiger charge is 2.05. The minimum Gasteiger partial charge on any atom is -0.338 e. The second-order valence-electron chi connectivity index (χ2n) is 6.07. The number of anilines is 1. The zero-order valence-electron chi connectivity index (χ0n) is 14.5. The molecule has 128 valence electrons. The highest BCUT2D eigenvalue weighted by molar-refractivity contribution is 5.91. The Morgan fingerprint density at radius 2 is 1.68 bits per heavy atom. The lowest BCUT2D eigenvalue weighted by atomic mass is 10.1. The van der Waals surface area contributed by atoms with Crippen LogP contribution < -0.4 is 10.6 Å². The molecular formula is C20H22N4O. The first-order valence-electron chi connectivity index (χ1n) is 8.45. The first-order valence-corrected chi connectivity index (χ1v) is 8.45. The maximum atomic E-state index is 12.0. The van der Waals surface area contributed by atoms with E-state index < -0.39 is 0 Å². The number of hydrogen-bond acceptors (Lipinski definition) is 3. The molecule has 0 saturated carbocycles. The molecule has 5 nitrogen and oxygen atoms in total. The molecule has 2 amide bonds. The summed E-state index contributed by atoms with van der Waals surface area (Å²) >= 11 is 0. The van der Waals surface area contributed by atoms with E-state index in [2.05, 4.69) is 32.7 Å². The summed E-state index contributed by atoms with van der Waals surface area (Å²) in [6.45, 7) is 4.50. The number of amides is 2. The average molecular weight is 334 g/mol. The van der Waals surface area contributed by atoms with E-state index in [1.165, 1.54) is 5.56 Å². The van der Waals surface area contributed by atoms with Crippen molar-refractivity contribution in [1.82, 2.24) is 15.3 Å². The summed E-state index contributed by atoms with van der Waals surface area (Å²) in [7, 11) is 0. The van der Waals surface area contributed by atoms with E-state index in [1.807, 2.05) is 50.2 Å². The third-order valence-corrected chi connectivity index (χ3v) is 4.10. The summed E-state index contributed by atoms with van der Waals surface area (Å²) in [5.41, 5.74) is 5.43. The molecule has 0 atom stereocenters. The van der Waals surface area contributed by atoms with Crippen molar-refractivity contribution >= 4 is 22.8 Å². The van der Waals surface area contributed by atoms with Gasteiger partial charge in [-0.3, -0.25) is 0 Å². The molecule has 0 aliphatic heterocycles. The van der Waals surface area contributed by atoms with Crippen molar-refractivity contribution in [2.45, 2.75) is 26.7 Å². The Morgan fingerprint density at radius 1 is 0.960 bits per heavy atom. The molecule has 0 fully saturated rings. The van der Waals surface area contributed by atoms with Crippen LogP contribution in [0, 0.1) is 13.8 Å². The molecule has 2 N–H and O–H groups in total. The number of benzene rings is 2. The van der Waals surface area contributed by atoms with Crippen molar-refractivity contribution in [3.63, 3.8) is 0 Å². The van der Waals surface area contributed by atoms with Crippen molar-refractivity contribution in [1.29, 1.82) is 0 Å². The minimum absolute atomic E-state index is 0.204. The Morgan fingerprint density at radius 3 is 2.44 bits per heavy atom. The number of urea groups is 1. The van der Waals surface area contributed by atoms with Gasteiger partial charge in [-0.15, -0.1) is 0 Å². The third kappa shape index (κ3) is 4.53. The largest absolute Gasteiger partial charge is 0.338 e. The lowest BCUT2D eigenvalue weighted by molar-refractivity contribution is 0.252. The van der Waals surface area contributed by atoms with Crippen LogP contribution in [0.5, 0.6) is 0 Å². The molecule has 2 aromatic carbocycles. The summed E-state index contributed by atoms with van der Waals surface area (Å²) in [6.07, 6.45) is 1.85. The summed E-state index contributed by atoms with van der Waals surface area (Å²) in [5.74, 6) is 0. The summed E-state index contributed by atoms with van der Waals surface area (Å²) in [6, 6.07) is 15.6. The van der Waals surface area contributed by atoms with Gasteiger partial charge in [0, 0.05) is 12.2 Å². The maximum absolute atomic E-state index is 12.0. The van der Waals surface area contributed by atoms with Crippen LogP contribution in [-0.4, -0.2) is 22.5 Å². The molecule has 3 aromatic rings. The number of nitrogens with one attached hydrogen (secondary N) is 2. The summed E-state index contributed by atoms with van der Waals surface area (Å²) in [5, 5.41) is 5.73. The molecule has 0 bridgehead atoms. The summed E-state index contributed by atoms with van der Waals surface area (Å²) in [4.78, 5) is 21.0. The molecule has 3 rings (SSSR count). The van der Waals surface area contributed by atoms with Crippen molar-refractivity contribution in [2.75, 3.05) is 11.9 Å². The summed E-state index contributed by atoms with van der Waals surface area (Å²) < 4.78 is 0. The fraction of sp³-hybridized carbons (Fsp3) is 0.250. The number of hydrogen-bond donors (Lipinski definition) is 2. The van der Waals surface area contributed by atoms with Gasteiger partial charge in [0.15, 0.2) is 0 Å². The fourth-order valence-corrected chi connectivity index (χ4v) is 2.62. The zero-order chi connectivity index (χ0) is 17.6. The smallest absolute Gasteiger partial charge is 0.319 e. The van der Waals surface area contributed by atoms with Gasteiger partial charge in [0.1, 0.15) is 0 Å². The predicted molar refractivity (Wildman–Crippen MR) is 101 cm³/mol. The van der Waals surface area contributed by atoms with E-state index in [0.717, 1.165) is 35.3 Å². The highest BCUT2D eigenvalue weighted by Crippen LogP contribution is 2.17. The van der Waals surface area contributed by atoms with Crippen molar-refractivity contribution in [3.8, 4) is 0 Å². The van der Waals surface area contributed by atoms with Gasteiger partial charge >= 0.3 is 6.03 Å². The Balaban J connectivity index is 1.52. The Hall–Kier alpha value is -2.95. The highest BCUT2D eigenvalue weighted by atomic mass is 16.2. The van der Waals surface area contributed by atoms with Gasteiger partial charge < -0.3 is 10.6 Å². The molecule has 25 heavy (non-hydrogen) atoms. The molecule has 1 heterocycles. The van der Waals surface area contributed by atoms with E-state index in [0.29, 0.717) is 12.2 Å². The van der Waals surface area contributed by atoms with Gasteiger partial charge in [-0.2, -0.15) is 0 Å². The number of carbonyl (C=O) groups excluding carboxylic acids is 1. The molecule has 1 aromatic heterocycles. The zero-order valence-corrected chi connectivity index (χ0v) is 14.5. The third-order valence-electron chi connectivity index (χ3n) is 4.10. The van der Waals surface area contributed by atoms with E-state index in [1.54, 1.807) is 0 Å². The van der Waals surface area contributed by atoms with Gasteiger partial charge in [-0.05, 0) is 50.5 Å². The van der Waals surface area contributed by atoms with Crippen LogP contribution in [0.2, 0.25) is 0 Å². The van der Waals surface area contributed by atoms with E-state index in [9.17, 15) is 4.79 Å². The standard InChI is InChI=1S/C20H22N4O/c1-14-15(2)23-19-13-17(10-11-18(19)22-14)24-20(25)21-12-6-9-16-7-4-3-5-8-16/h3-5,7-8,10-11,13H,6,9,12H2,1-2H3,(H2,21,24,25). The molecule has 0 spiro atoms. The molecule has 5 heteroatoms. The van der Waals surface area contributed by atoms with Crippen LogP contribution in [0.25, 0.3) is 11.0 Å². The van der Waals surface area contributed by atoms with Crippen molar-refractivity contribution in [3.05, 3.63) is 65.5 Å². The number of fused-ring (bicyclic) bond motifs is 1. The van der Waals surface area contributed by atoms with Crippen molar-refractivity contribution < 1.29 is 4.79 Å². The quantitative estimate of drug-likeness (QED) is 0.693. The van der Waals surface area contributed by atoms with E-state index in [4.69, 9.17) is 0 Å². The number of rotatable bonds is 5. The van der Waals surface area contributed by atoms with Gasteiger partial charge in [0.05, 0.1) is 22.4 Å². The molecule has 0 saturated heterocycles. The van der Waals surface area contributed by atoms with Crippen LogP contribution in [0.3, 0.4) is 0 Å². The maximum Gasteiger partial charge on any atom is 0.319 e.